The first kappa shape index (κ1) is 13.3. The number of methoxy groups -OCH3 is 1. The van der Waals surface area contributed by atoms with E-state index in [9.17, 15) is 4.79 Å². The van der Waals surface area contributed by atoms with Gasteiger partial charge in [0.1, 0.15) is 6.04 Å². The van der Waals surface area contributed by atoms with Crippen molar-refractivity contribution < 1.29 is 9.53 Å². The van der Waals surface area contributed by atoms with Crippen molar-refractivity contribution >= 4 is 29.2 Å². The Labute approximate surface area is 104 Å². The molecule has 5 heteroatoms. The minimum atomic E-state index is -0.598. The highest BCUT2D eigenvalue weighted by Gasteiger charge is 2.13. The number of aryl methyl sites for hydroxylation is 1. The first-order chi connectivity index (χ1) is 7.54. The van der Waals surface area contributed by atoms with Gasteiger partial charge in [-0.3, -0.25) is 4.79 Å². The quantitative estimate of drug-likeness (QED) is 0.848. The van der Waals surface area contributed by atoms with E-state index in [4.69, 9.17) is 28.9 Å². The fraction of sp³-hybridized carbons (Fsp3) is 0.364. The summed E-state index contributed by atoms with van der Waals surface area (Å²) in [5.74, 6) is -0.403. The number of nitrogens with two attached hydrogens (primary N) is 1. The van der Waals surface area contributed by atoms with Crippen molar-refractivity contribution in [1.82, 2.24) is 0 Å². The summed E-state index contributed by atoms with van der Waals surface area (Å²) in [6.45, 7) is 0. The van der Waals surface area contributed by atoms with Crippen LogP contribution in [0.3, 0.4) is 0 Å². The molecule has 88 valence electrons. The van der Waals surface area contributed by atoms with Crippen LogP contribution in [0.15, 0.2) is 18.2 Å². The molecule has 0 radical (unpaired) electrons. The average molecular weight is 262 g/mol. The van der Waals surface area contributed by atoms with Gasteiger partial charge in [0.15, 0.2) is 0 Å². The predicted octanol–water partition coefficient (Wildman–Crippen LogP) is 2.43. The van der Waals surface area contributed by atoms with Crippen molar-refractivity contribution in [2.45, 2.75) is 18.9 Å². The highest BCUT2D eigenvalue weighted by molar-refractivity contribution is 6.42. The summed E-state index contributed by atoms with van der Waals surface area (Å²) >= 11 is 11.6. The van der Waals surface area contributed by atoms with E-state index in [0.717, 1.165) is 5.56 Å². The van der Waals surface area contributed by atoms with Crippen LogP contribution in [0.1, 0.15) is 12.0 Å². The zero-order valence-corrected chi connectivity index (χ0v) is 10.4. The Kier molecular flexibility index (Phi) is 5.06. The molecule has 0 heterocycles. The molecule has 1 rings (SSSR count). The van der Waals surface area contributed by atoms with Crippen molar-refractivity contribution in [3.63, 3.8) is 0 Å². The standard InChI is InChI=1S/C11H13Cl2NO2/c1-16-11(15)10(14)5-3-7-2-4-8(12)9(13)6-7/h2,4,6,10H,3,5,14H2,1H3. The van der Waals surface area contributed by atoms with Crippen LogP contribution in [0.5, 0.6) is 0 Å². The van der Waals surface area contributed by atoms with Gasteiger partial charge in [0.25, 0.3) is 0 Å². The third-order valence-corrected chi connectivity index (χ3v) is 2.97. The Morgan fingerprint density at radius 3 is 2.69 bits per heavy atom. The van der Waals surface area contributed by atoms with Gasteiger partial charge in [0, 0.05) is 0 Å². The summed E-state index contributed by atoms with van der Waals surface area (Å²) in [6, 6.07) is 4.76. The molecule has 1 unspecified atom stereocenters. The number of carbonyl (C=O) groups excluding carboxylic acids is 1. The third kappa shape index (κ3) is 3.67. The third-order valence-electron chi connectivity index (χ3n) is 2.23. The Morgan fingerprint density at radius 2 is 2.12 bits per heavy atom. The van der Waals surface area contributed by atoms with Crippen LogP contribution in [-0.4, -0.2) is 19.1 Å². The van der Waals surface area contributed by atoms with E-state index in [2.05, 4.69) is 4.74 Å². The van der Waals surface area contributed by atoms with Gasteiger partial charge in [-0.25, -0.2) is 0 Å². The Bertz CT molecular complexity index is 382. The van der Waals surface area contributed by atoms with Gasteiger partial charge in [0.2, 0.25) is 0 Å². The minimum Gasteiger partial charge on any atom is -0.468 e. The van der Waals surface area contributed by atoms with Crippen molar-refractivity contribution in [3.8, 4) is 0 Å². The molecule has 0 fully saturated rings. The van der Waals surface area contributed by atoms with Crippen molar-refractivity contribution in [2.75, 3.05) is 7.11 Å². The number of carbonyl (C=O) groups is 1. The van der Waals surface area contributed by atoms with Crippen LogP contribution in [-0.2, 0) is 16.0 Å². The number of esters is 1. The number of hydrogen-bond acceptors (Lipinski definition) is 3. The summed E-state index contributed by atoms with van der Waals surface area (Å²) in [4.78, 5) is 11.1. The van der Waals surface area contributed by atoms with Crippen molar-refractivity contribution in [3.05, 3.63) is 33.8 Å². The summed E-state index contributed by atoms with van der Waals surface area (Å²) in [5.41, 5.74) is 6.60. The average Bonchev–Trinajstić information content (AvgIpc) is 2.29. The fourth-order valence-electron chi connectivity index (χ4n) is 1.29. The maximum absolute atomic E-state index is 11.1. The zero-order valence-electron chi connectivity index (χ0n) is 8.87. The topological polar surface area (TPSA) is 52.3 Å². The molecule has 1 aromatic rings. The molecule has 0 aliphatic carbocycles. The lowest BCUT2D eigenvalue weighted by Crippen LogP contribution is -2.31. The summed E-state index contributed by atoms with van der Waals surface area (Å²) in [5, 5.41) is 1.02. The molecular formula is C11H13Cl2NO2. The van der Waals surface area contributed by atoms with Gasteiger partial charge < -0.3 is 10.5 Å². The highest BCUT2D eigenvalue weighted by Crippen LogP contribution is 2.23. The predicted molar refractivity (Wildman–Crippen MR) is 64.8 cm³/mol. The molecular weight excluding hydrogens is 249 g/mol. The first-order valence-corrected chi connectivity index (χ1v) is 5.57. The molecule has 3 nitrogen and oxygen atoms in total. The Hall–Kier alpha value is -0.770. The molecule has 1 aromatic carbocycles. The van der Waals surface area contributed by atoms with Gasteiger partial charge >= 0.3 is 5.97 Å². The second kappa shape index (κ2) is 6.09. The van der Waals surface area contributed by atoms with Crippen LogP contribution < -0.4 is 5.73 Å². The molecule has 0 amide bonds. The minimum absolute atomic E-state index is 0.403. The first-order valence-electron chi connectivity index (χ1n) is 4.82. The molecule has 0 aromatic heterocycles. The van der Waals surface area contributed by atoms with Gasteiger partial charge in [-0.1, -0.05) is 29.3 Å². The fourth-order valence-corrected chi connectivity index (χ4v) is 1.61. The second-order valence-corrected chi connectivity index (χ2v) is 4.23. The van der Waals surface area contributed by atoms with Crippen LogP contribution in [0, 0.1) is 0 Å². The van der Waals surface area contributed by atoms with E-state index >= 15 is 0 Å². The summed E-state index contributed by atoms with van der Waals surface area (Å²) < 4.78 is 4.53. The van der Waals surface area contributed by atoms with Gasteiger partial charge in [-0.05, 0) is 30.5 Å². The molecule has 0 aliphatic heterocycles. The highest BCUT2D eigenvalue weighted by atomic mass is 35.5. The SMILES string of the molecule is COC(=O)C(N)CCc1ccc(Cl)c(Cl)c1. The number of halogens is 2. The normalized spacial score (nSPS) is 12.2. The van der Waals surface area contributed by atoms with Gasteiger partial charge in [0.05, 0.1) is 17.2 Å². The van der Waals surface area contributed by atoms with E-state index < -0.39 is 12.0 Å². The van der Waals surface area contributed by atoms with E-state index in [1.807, 2.05) is 6.07 Å². The lowest BCUT2D eigenvalue weighted by molar-refractivity contribution is -0.142. The van der Waals surface area contributed by atoms with E-state index in [-0.39, 0.29) is 0 Å². The molecule has 0 saturated heterocycles. The van der Waals surface area contributed by atoms with Crippen molar-refractivity contribution in [2.24, 2.45) is 5.73 Å². The maximum atomic E-state index is 11.1. The van der Waals surface area contributed by atoms with Crippen molar-refractivity contribution in [1.29, 1.82) is 0 Å². The van der Waals surface area contributed by atoms with Gasteiger partial charge in [-0.15, -0.1) is 0 Å². The number of benzene rings is 1. The smallest absolute Gasteiger partial charge is 0.322 e. The van der Waals surface area contributed by atoms with E-state index in [0.29, 0.717) is 22.9 Å². The zero-order chi connectivity index (χ0) is 12.1. The van der Waals surface area contributed by atoms with E-state index in [1.54, 1.807) is 12.1 Å². The molecule has 16 heavy (non-hydrogen) atoms. The molecule has 0 spiro atoms. The summed E-state index contributed by atoms with van der Waals surface area (Å²) in [7, 11) is 1.32. The molecule has 0 saturated carbocycles. The maximum Gasteiger partial charge on any atom is 0.322 e. The molecule has 2 N–H and O–H groups in total. The number of ether oxygens (including phenoxy) is 1. The largest absolute Gasteiger partial charge is 0.468 e. The van der Waals surface area contributed by atoms with Crippen LogP contribution >= 0.6 is 23.2 Å². The Balaban J connectivity index is 2.55. The van der Waals surface area contributed by atoms with Crippen LogP contribution in [0.4, 0.5) is 0 Å². The van der Waals surface area contributed by atoms with Gasteiger partial charge in [-0.2, -0.15) is 0 Å². The molecule has 0 bridgehead atoms. The number of rotatable bonds is 4. The molecule has 1 atom stereocenters. The monoisotopic (exact) mass is 261 g/mol. The molecule has 0 aliphatic rings. The van der Waals surface area contributed by atoms with Crippen LogP contribution in [0.25, 0.3) is 0 Å². The Morgan fingerprint density at radius 1 is 1.44 bits per heavy atom. The lowest BCUT2D eigenvalue weighted by atomic mass is 10.1. The summed E-state index contributed by atoms with van der Waals surface area (Å²) in [6.07, 6.45) is 1.18. The lowest BCUT2D eigenvalue weighted by Gasteiger charge is -2.09. The number of hydrogen-bond donors (Lipinski definition) is 1. The van der Waals surface area contributed by atoms with Crippen LogP contribution in [0.2, 0.25) is 10.0 Å². The van der Waals surface area contributed by atoms with E-state index in [1.165, 1.54) is 7.11 Å². The second-order valence-electron chi connectivity index (χ2n) is 3.42.